The molecule has 31 heavy (non-hydrogen) atoms. The van der Waals surface area contributed by atoms with Gasteiger partial charge in [-0.15, -0.1) is 10.2 Å². The number of aryl methyl sites for hydroxylation is 1. The number of fused-ring (bicyclic) bond motifs is 2. The lowest BCUT2D eigenvalue weighted by atomic mass is 10.0. The molecular formula is C24H21N3O4. The molecule has 1 aliphatic rings. The van der Waals surface area contributed by atoms with E-state index in [-0.39, 0.29) is 5.89 Å². The van der Waals surface area contributed by atoms with Gasteiger partial charge in [0.15, 0.2) is 6.10 Å². The van der Waals surface area contributed by atoms with Gasteiger partial charge in [0.2, 0.25) is 5.89 Å². The van der Waals surface area contributed by atoms with Gasteiger partial charge in [-0.05, 0) is 62.1 Å². The minimum Gasteiger partial charge on any atom is -0.497 e. The first kappa shape index (κ1) is 19.2. The van der Waals surface area contributed by atoms with Crippen LogP contribution in [0.25, 0.3) is 22.4 Å². The molecule has 1 atom stereocenters. The van der Waals surface area contributed by atoms with Crippen LogP contribution in [-0.4, -0.2) is 28.3 Å². The SMILES string of the molecule is COc1ccc(-c2nnc([C@@H](C)OC(=O)c3c4c(nc5ccccc35)CCC4)o2)cc1. The van der Waals surface area contributed by atoms with Gasteiger partial charge in [-0.3, -0.25) is 4.98 Å². The van der Waals surface area contributed by atoms with Crippen molar-refractivity contribution >= 4 is 16.9 Å². The average Bonchev–Trinajstić information content (AvgIpc) is 3.47. The predicted octanol–water partition coefficient (Wildman–Crippen LogP) is 4.70. The van der Waals surface area contributed by atoms with Crippen molar-refractivity contribution in [3.8, 4) is 17.2 Å². The first-order valence-corrected chi connectivity index (χ1v) is 10.2. The summed E-state index contributed by atoms with van der Waals surface area (Å²) in [5.74, 6) is 0.946. The van der Waals surface area contributed by atoms with Crippen LogP contribution < -0.4 is 4.74 Å². The Morgan fingerprint density at radius 3 is 2.68 bits per heavy atom. The Bertz CT molecular complexity index is 1260. The number of aromatic nitrogens is 3. The van der Waals surface area contributed by atoms with Gasteiger partial charge in [0.05, 0.1) is 18.2 Å². The zero-order chi connectivity index (χ0) is 21.4. The standard InChI is InChI=1S/C24H21N3O4/c1-14(22-26-27-23(31-22)15-10-12-16(29-2)13-11-15)30-24(28)21-17-6-3-4-8-19(17)25-20-9-5-7-18(20)21/h3-4,6,8,10-14H,5,7,9H2,1-2H3/t14-/m1/s1. The van der Waals surface area contributed by atoms with E-state index in [0.29, 0.717) is 11.5 Å². The summed E-state index contributed by atoms with van der Waals surface area (Å²) in [5.41, 5.74) is 4.14. The number of hydrogen-bond acceptors (Lipinski definition) is 7. The van der Waals surface area contributed by atoms with E-state index in [1.165, 1.54) is 0 Å². The number of methoxy groups -OCH3 is 1. The number of carbonyl (C=O) groups is 1. The number of ether oxygens (including phenoxy) is 2. The van der Waals surface area contributed by atoms with Gasteiger partial charge in [0, 0.05) is 16.6 Å². The molecule has 2 aromatic heterocycles. The molecule has 7 nitrogen and oxygen atoms in total. The third kappa shape index (κ3) is 3.52. The maximum Gasteiger partial charge on any atom is 0.339 e. The zero-order valence-electron chi connectivity index (χ0n) is 17.3. The number of rotatable bonds is 5. The molecule has 0 saturated carbocycles. The molecule has 5 rings (SSSR count). The molecule has 0 saturated heterocycles. The first-order chi connectivity index (χ1) is 15.1. The van der Waals surface area contributed by atoms with Gasteiger partial charge < -0.3 is 13.9 Å². The number of para-hydroxylation sites is 1. The molecule has 4 aromatic rings. The number of nitrogens with zero attached hydrogens (tertiary/aromatic N) is 3. The number of benzene rings is 2. The van der Waals surface area contributed by atoms with Gasteiger partial charge in [-0.2, -0.15) is 0 Å². The van der Waals surface area contributed by atoms with Gasteiger partial charge >= 0.3 is 5.97 Å². The molecule has 0 amide bonds. The Hall–Kier alpha value is -3.74. The molecule has 0 aliphatic heterocycles. The fraction of sp³-hybridized carbons (Fsp3) is 0.250. The molecule has 0 bridgehead atoms. The second-order valence-corrected chi connectivity index (χ2v) is 7.50. The predicted molar refractivity (Wildman–Crippen MR) is 114 cm³/mol. The Kier molecular flexibility index (Phi) is 4.86. The van der Waals surface area contributed by atoms with Crippen LogP contribution in [0.5, 0.6) is 5.75 Å². The summed E-state index contributed by atoms with van der Waals surface area (Å²) in [6.45, 7) is 1.73. The quantitative estimate of drug-likeness (QED) is 0.437. The number of carbonyl (C=O) groups excluding carboxylic acids is 1. The molecule has 0 fully saturated rings. The van der Waals surface area contributed by atoms with Gasteiger partial charge in [0.1, 0.15) is 5.75 Å². The molecule has 1 aliphatic carbocycles. The summed E-state index contributed by atoms with van der Waals surface area (Å²) in [4.78, 5) is 17.9. The Labute approximate surface area is 179 Å². The summed E-state index contributed by atoms with van der Waals surface area (Å²) in [7, 11) is 1.61. The molecule has 0 spiro atoms. The molecule has 0 N–H and O–H groups in total. The highest BCUT2D eigenvalue weighted by Crippen LogP contribution is 2.32. The second kappa shape index (κ2) is 7.83. The van der Waals surface area contributed by atoms with Crippen molar-refractivity contribution in [3.63, 3.8) is 0 Å². The van der Waals surface area contributed by atoms with E-state index in [1.54, 1.807) is 14.0 Å². The fourth-order valence-corrected chi connectivity index (χ4v) is 3.96. The molecular weight excluding hydrogens is 394 g/mol. The number of pyridine rings is 1. The zero-order valence-corrected chi connectivity index (χ0v) is 17.3. The smallest absolute Gasteiger partial charge is 0.339 e. The Balaban J connectivity index is 1.41. The number of esters is 1. The summed E-state index contributed by atoms with van der Waals surface area (Å²) in [5, 5.41) is 8.98. The summed E-state index contributed by atoms with van der Waals surface area (Å²) in [6, 6.07) is 15.0. The summed E-state index contributed by atoms with van der Waals surface area (Å²) < 4.78 is 16.7. The van der Waals surface area contributed by atoms with Gasteiger partial charge in [-0.1, -0.05) is 18.2 Å². The van der Waals surface area contributed by atoms with Crippen molar-refractivity contribution in [1.29, 1.82) is 0 Å². The first-order valence-electron chi connectivity index (χ1n) is 10.2. The molecule has 7 heteroatoms. The van der Waals surface area contributed by atoms with Crippen molar-refractivity contribution in [3.05, 3.63) is 71.2 Å². The minimum absolute atomic E-state index is 0.245. The molecule has 2 aromatic carbocycles. The van der Waals surface area contributed by atoms with Gasteiger partial charge in [0.25, 0.3) is 5.89 Å². The van der Waals surface area contributed by atoms with E-state index >= 15 is 0 Å². The lowest BCUT2D eigenvalue weighted by Crippen LogP contribution is -2.13. The van der Waals surface area contributed by atoms with Crippen LogP contribution in [0.3, 0.4) is 0 Å². The summed E-state index contributed by atoms with van der Waals surface area (Å²) >= 11 is 0. The lowest BCUT2D eigenvalue weighted by molar-refractivity contribution is 0.0281. The number of hydrogen-bond donors (Lipinski definition) is 0. The average molecular weight is 415 g/mol. The summed E-state index contributed by atoms with van der Waals surface area (Å²) in [6.07, 6.45) is 2.01. The third-order valence-electron chi connectivity index (χ3n) is 5.53. The van der Waals surface area contributed by atoms with E-state index in [1.807, 2.05) is 48.5 Å². The van der Waals surface area contributed by atoms with E-state index in [2.05, 4.69) is 10.2 Å². The minimum atomic E-state index is -0.684. The van der Waals surface area contributed by atoms with Crippen molar-refractivity contribution in [2.24, 2.45) is 0 Å². The fourth-order valence-electron chi connectivity index (χ4n) is 3.96. The van der Waals surface area contributed by atoms with E-state index < -0.39 is 12.1 Å². The van der Waals surface area contributed by atoms with E-state index in [0.717, 1.165) is 52.7 Å². The Morgan fingerprint density at radius 1 is 1.06 bits per heavy atom. The lowest BCUT2D eigenvalue weighted by Gasteiger charge is -2.14. The van der Waals surface area contributed by atoms with Crippen LogP contribution in [-0.2, 0) is 17.6 Å². The van der Waals surface area contributed by atoms with Crippen LogP contribution in [0, 0.1) is 0 Å². The largest absolute Gasteiger partial charge is 0.497 e. The van der Waals surface area contributed by atoms with Crippen molar-refractivity contribution < 1.29 is 18.7 Å². The van der Waals surface area contributed by atoms with Crippen molar-refractivity contribution in [1.82, 2.24) is 15.2 Å². The van der Waals surface area contributed by atoms with E-state index in [4.69, 9.17) is 18.9 Å². The van der Waals surface area contributed by atoms with Crippen molar-refractivity contribution in [2.75, 3.05) is 7.11 Å². The molecule has 2 heterocycles. The molecule has 0 radical (unpaired) electrons. The van der Waals surface area contributed by atoms with Crippen LogP contribution in [0.4, 0.5) is 0 Å². The molecule has 156 valence electrons. The second-order valence-electron chi connectivity index (χ2n) is 7.50. The highest BCUT2D eigenvalue weighted by atomic mass is 16.6. The highest BCUT2D eigenvalue weighted by Gasteiger charge is 2.27. The van der Waals surface area contributed by atoms with Crippen LogP contribution in [0.15, 0.2) is 52.9 Å². The monoisotopic (exact) mass is 415 g/mol. The van der Waals surface area contributed by atoms with E-state index in [9.17, 15) is 4.79 Å². The Morgan fingerprint density at radius 2 is 1.87 bits per heavy atom. The van der Waals surface area contributed by atoms with Crippen molar-refractivity contribution in [2.45, 2.75) is 32.3 Å². The van der Waals surface area contributed by atoms with Crippen LogP contribution >= 0.6 is 0 Å². The van der Waals surface area contributed by atoms with Gasteiger partial charge in [-0.25, -0.2) is 4.79 Å². The molecule has 0 unspecified atom stereocenters. The van der Waals surface area contributed by atoms with Crippen LogP contribution in [0.2, 0.25) is 0 Å². The normalized spacial score (nSPS) is 13.7. The van der Waals surface area contributed by atoms with Crippen LogP contribution in [0.1, 0.15) is 47.0 Å². The maximum absolute atomic E-state index is 13.2. The highest BCUT2D eigenvalue weighted by molar-refractivity contribution is 6.05. The maximum atomic E-state index is 13.2. The third-order valence-corrected chi connectivity index (χ3v) is 5.53. The topological polar surface area (TPSA) is 87.3 Å².